The highest BCUT2D eigenvalue weighted by Gasteiger charge is 2.23. The van der Waals surface area contributed by atoms with Gasteiger partial charge in [0.05, 0.1) is 6.54 Å². The van der Waals surface area contributed by atoms with E-state index in [1.165, 1.54) is 11.3 Å². The normalized spacial score (nSPS) is 13.4. The predicted octanol–water partition coefficient (Wildman–Crippen LogP) is 2.20. The maximum atomic E-state index is 11.8. The Labute approximate surface area is 134 Å². The van der Waals surface area contributed by atoms with Crippen molar-refractivity contribution in [2.45, 2.75) is 25.9 Å². The first-order valence-electron chi connectivity index (χ1n) is 7.16. The van der Waals surface area contributed by atoms with Gasteiger partial charge in [0.25, 0.3) is 0 Å². The first kappa shape index (κ1) is 16.5. The molecule has 2 amide bonds. The largest absolute Gasteiger partial charge is 0.384 e. The number of hydrogen-bond acceptors (Lipinski definition) is 4. The van der Waals surface area contributed by atoms with E-state index in [0.717, 1.165) is 23.2 Å². The molecule has 0 radical (unpaired) electrons. The minimum Gasteiger partial charge on any atom is -0.384 e. The molecule has 0 aliphatic rings. The molecule has 5 nitrogen and oxygen atoms in total. The van der Waals surface area contributed by atoms with Crippen LogP contribution in [0.15, 0.2) is 35.2 Å². The van der Waals surface area contributed by atoms with Crippen molar-refractivity contribution >= 4 is 17.4 Å². The number of hydrogen-bond donors (Lipinski definition) is 3. The van der Waals surface area contributed by atoms with Gasteiger partial charge in [-0.15, -0.1) is 0 Å². The molecule has 0 fully saturated rings. The fourth-order valence-corrected chi connectivity index (χ4v) is 2.74. The van der Waals surface area contributed by atoms with Gasteiger partial charge in [-0.25, -0.2) is 4.79 Å². The third-order valence-corrected chi connectivity index (χ3v) is 4.09. The molecule has 2 rings (SSSR count). The van der Waals surface area contributed by atoms with Crippen LogP contribution >= 0.6 is 11.3 Å². The van der Waals surface area contributed by atoms with E-state index in [2.05, 4.69) is 15.6 Å². The second-order valence-electron chi connectivity index (χ2n) is 5.45. The van der Waals surface area contributed by atoms with Crippen LogP contribution < -0.4 is 10.6 Å². The number of thiophene rings is 1. The highest BCUT2D eigenvalue weighted by Crippen LogP contribution is 2.21. The van der Waals surface area contributed by atoms with Crippen LogP contribution in [0.2, 0.25) is 0 Å². The standard InChI is InChI=1S/C16H21N3O2S/c1-12-3-4-13(9-18-12)5-7-17-15(20)19-11-16(2,21)14-6-8-22-10-14/h3-4,6,8-10,21H,5,7,11H2,1-2H3,(H2,17,19,20). The molecule has 0 saturated carbocycles. The number of aromatic nitrogens is 1. The van der Waals surface area contributed by atoms with Crippen LogP contribution in [0.25, 0.3) is 0 Å². The molecule has 1 atom stereocenters. The molecular weight excluding hydrogens is 298 g/mol. The fraction of sp³-hybridized carbons (Fsp3) is 0.375. The number of nitrogens with one attached hydrogen (secondary N) is 2. The van der Waals surface area contributed by atoms with Crippen molar-refractivity contribution in [1.82, 2.24) is 15.6 Å². The summed E-state index contributed by atoms with van der Waals surface area (Å²) in [4.78, 5) is 16.0. The molecule has 2 heterocycles. The first-order valence-corrected chi connectivity index (χ1v) is 8.10. The number of amides is 2. The molecule has 118 valence electrons. The van der Waals surface area contributed by atoms with E-state index in [9.17, 15) is 9.90 Å². The first-order chi connectivity index (χ1) is 10.5. The molecule has 2 aromatic heterocycles. The van der Waals surface area contributed by atoms with Gasteiger partial charge in [0.2, 0.25) is 0 Å². The summed E-state index contributed by atoms with van der Waals surface area (Å²) in [5, 5.41) is 19.6. The lowest BCUT2D eigenvalue weighted by Crippen LogP contribution is -2.43. The minimum absolute atomic E-state index is 0.168. The van der Waals surface area contributed by atoms with Crippen LogP contribution in [0, 0.1) is 6.92 Å². The van der Waals surface area contributed by atoms with Crippen LogP contribution in [0.5, 0.6) is 0 Å². The number of pyridine rings is 1. The zero-order valence-corrected chi connectivity index (χ0v) is 13.6. The number of nitrogens with zero attached hydrogens (tertiary/aromatic N) is 1. The number of aryl methyl sites for hydroxylation is 1. The average Bonchev–Trinajstić information content (AvgIpc) is 3.02. The summed E-state index contributed by atoms with van der Waals surface area (Å²) < 4.78 is 0. The lowest BCUT2D eigenvalue weighted by Gasteiger charge is -2.22. The highest BCUT2D eigenvalue weighted by molar-refractivity contribution is 7.08. The molecule has 0 spiro atoms. The molecule has 0 aromatic carbocycles. The summed E-state index contributed by atoms with van der Waals surface area (Å²) in [5.74, 6) is 0. The van der Waals surface area contributed by atoms with Gasteiger partial charge in [-0.3, -0.25) is 4.98 Å². The van der Waals surface area contributed by atoms with Gasteiger partial charge in [-0.05, 0) is 54.3 Å². The Morgan fingerprint density at radius 2 is 2.18 bits per heavy atom. The van der Waals surface area contributed by atoms with Crippen molar-refractivity contribution in [3.8, 4) is 0 Å². The summed E-state index contributed by atoms with van der Waals surface area (Å²) in [6.07, 6.45) is 2.54. The van der Waals surface area contributed by atoms with E-state index in [1.54, 1.807) is 6.92 Å². The van der Waals surface area contributed by atoms with E-state index in [0.29, 0.717) is 6.54 Å². The Kier molecular flexibility index (Phi) is 5.51. The highest BCUT2D eigenvalue weighted by atomic mass is 32.1. The van der Waals surface area contributed by atoms with Gasteiger partial charge in [0.15, 0.2) is 0 Å². The van der Waals surface area contributed by atoms with Crippen molar-refractivity contribution in [2.75, 3.05) is 13.1 Å². The van der Waals surface area contributed by atoms with E-state index < -0.39 is 5.60 Å². The third-order valence-electron chi connectivity index (χ3n) is 3.41. The third kappa shape index (κ3) is 4.82. The molecule has 0 aliphatic heterocycles. The van der Waals surface area contributed by atoms with Crippen LogP contribution in [0.3, 0.4) is 0 Å². The second kappa shape index (κ2) is 7.38. The second-order valence-corrected chi connectivity index (χ2v) is 6.23. The van der Waals surface area contributed by atoms with E-state index in [4.69, 9.17) is 0 Å². The maximum absolute atomic E-state index is 11.8. The molecule has 0 aliphatic carbocycles. The van der Waals surface area contributed by atoms with Gasteiger partial charge >= 0.3 is 6.03 Å². The molecule has 3 N–H and O–H groups in total. The topological polar surface area (TPSA) is 74.2 Å². The molecular formula is C16H21N3O2S. The van der Waals surface area contributed by atoms with Gasteiger partial charge in [0.1, 0.15) is 5.60 Å². The Morgan fingerprint density at radius 3 is 2.82 bits per heavy atom. The molecule has 22 heavy (non-hydrogen) atoms. The van der Waals surface area contributed by atoms with E-state index in [-0.39, 0.29) is 12.6 Å². The summed E-state index contributed by atoms with van der Waals surface area (Å²) in [6, 6.07) is 5.53. The van der Waals surface area contributed by atoms with Crippen LogP contribution in [0.4, 0.5) is 4.79 Å². The van der Waals surface area contributed by atoms with Gasteiger partial charge in [0, 0.05) is 18.4 Å². The number of urea groups is 1. The summed E-state index contributed by atoms with van der Waals surface area (Å²) in [7, 11) is 0. The predicted molar refractivity (Wildman–Crippen MR) is 88.0 cm³/mol. The Hall–Kier alpha value is -1.92. The zero-order valence-electron chi connectivity index (χ0n) is 12.8. The van der Waals surface area contributed by atoms with Gasteiger partial charge in [-0.1, -0.05) is 6.07 Å². The summed E-state index contributed by atoms with van der Waals surface area (Å²) >= 11 is 1.52. The number of carbonyl (C=O) groups is 1. The van der Waals surface area contributed by atoms with E-state index in [1.807, 2.05) is 42.1 Å². The van der Waals surface area contributed by atoms with Crippen molar-refractivity contribution in [1.29, 1.82) is 0 Å². The fourth-order valence-electron chi connectivity index (χ4n) is 1.95. The van der Waals surface area contributed by atoms with Crippen molar-refractivity contribution < 1.29 is 9.90 Å². The maximum Gasteiger partial charge on any atom is 0.314 e. The lowest BCUT2D eigenvalue weighted by molar-refractivity contribution is 0.0598. The smallest absolute Gasteiger partial charge is 0.314 e. The van der Waals surface area contributed by atoms with Gasteiger partial charge < -0.3 is 15.7 Å². The average molecular weight is 319 g/mol. The minimum atomic E-state index is -1.06. The van der Waals surface area contributed by atoms with Crippen LogP contribution in [-0.4, -0.2) is 29.2 Å². The quantitative estimate of drug-likeness (QED) is 0.764. The number of rotatable bonds is 6. The summed E-state index contributed by atoms with van der Waals surface area (Å²) in [5.41, 5.74) is 1.81. The molecule has 0 saturated heterocycles. The SMILES string of the molecule is Cc1ccc(CCNC(=O)NCC(C)(O)c2ccsc2)cn1. The monoisotopic (exact) mass is 319 g/mol. The Bertz CT molecular complexity index is 594. The molecule has 0 bridgehead atoms. The molecule has 6 heteroatoms. The van der Waals surface area contributed by atoms with Crippen molar-refractivity contribution in [3.05, 3.63) is 52.0 Å². The molecule has 2 aromatic rings. The van der Waals surface area contributed by atoms with Crippen LogP contribution in [-0.2, 0) is 12.0 Å². The number of aliphatic hydroxyl groups is 1. The van der Waals surface area contributed by atoms with Crippen molar-refractivity contribution in [2.24, 2.45) is 0 Å². The Balaban J connectivity index is 1.71. The molecule has 1 unspecified atom stereocenters. The lowest BCUT2D eigenvalue weighted by atomic mass is 9.99. The van der Waals surface area contributed by atoms with Gasteiger partial charge in [-0.2, -0.15) is 11.3 Å². The van der Waals surface area contributed by atoms with E-state index >= 15 is 0 Å². The Morgan fingerprint density at radius 1 is 1.36 bits per heavy atom. The zero-order chi connectivity index (χ0) is 16.0. The van der Waals surface area contributed by atoms with Crippen molar-refractivity contribution in [3.63, 3.8) is 0 Å². The number of carbonyl (C=O) groups excluding carboxylic acids is 1. The summed E-state index contributed by atoms with van der Waals surface area (Å²) in [6.45, 7) is 4.32. The van der Waals surface area contributed by atoms with Crippen LogP contribution in [0.1, 0.15) is 23.7 Å².